The van der Waals surface area contributed by atoms with E-state index in [0.29, 0.717) is 18.0 Å². The molecule has 0 saturated heterocycles. The monoisotopic (exact) mass is 322 g/mol. The van der Waals surface area contributed by atoms with Crippen LogP contribution in [-0.4, -0.2) is 31.9 Å². The van der Waals surface area contributed by atoms with Gasteiger partial charge in [-0.15, -0.1) is 0 Å². The van der Waals surface area contributed by atoms with Gasteiger partial charge in [0, 0.05) is 25.5 Å². The third kappa shape index (κ3) is 2.40. The van der Waals surface area contributed by atoms with Crippen molar-refractivity contribution in [2.45, 2.75) is 25.9 Å². The fourth-order valence-corrected chi connectivity index (χ4v) is 3.26. The van der Waals surface area contributed by atoms with Gasteiger partial charge in [-0.3, -0.25) is 4.79 Å². The molecule has 1 atom stereocenters. The van der Waals surface area contributed by atoms with Crippen molar-refractivity contribution in [2.75, 3.05) is 6.54 Å². The van der Waals surface area contributed by atoms with Gasteiger partial charge >= 0.3 is 0 Å². The summed E-state index contributed by atoms with van der Waals surface area (Å²) in [4.78, 5) is 23.5. The quantitative estimate of drug-likeness (QED) is 0.728. The average molecular weight is 322 g/mol. The van der Waals surface area contributed by atoms with E-state index in [1.54, 1.807) is 13.1 Å². The number of carbonyl (C=O) groups excluding carboxylic acids is 1. The first-order chi connectivity index (χ1) is 11.8. The molecule has 0 fully saturated rings. The first-order valence-electron chi connectivity index (χ1n) is 8.02. The summed E-state index contributed by atoms with van der Waals surface area (Å²) in [6, 6.07) is 9.76. The zero-order valence-electron chi connectivity index (χ0n) is 13.4. The number of fused-ring (bicyclic) bond motifs is 1. The van der Waals surface area contributed by atoms with Gasteiger partial charge in [0.2, 0.25) is 5.76 Å². The van der Waals surface area contributed by atoms with Gasteiger partial charge in [0.05, 0.1) is 5.69 Å². The van der Waals surface area contributed by atoms with Crippen LogP contribution in [0, 0.1) is 6.92 Å². The zero-order chi connectivity index (χ0) is 16.5. The summed E-state index contributed by atoms with van der Waals surface area (Å²) in [6.45, 7) is 3.27. The summed E-state index contributed by atoms with van der Waals surface area (Å²) in [5, 5.41) is 0. The molecule has 3 aromatic rings. The number of amides is 1. The number of hydrogen-bond donors (Lipinski definition) is 0. The van der Waals surface area contributed by atoms with Crippen molar-refractivity contribution in [3.63, 3.8) is 0 Å². The van der Waals surface area contributed by atoms with E-state index in [-0.39, 0.29) is 11.9 Å². The number of aryl methyl sites for hydroxylation is 2. The van der Waals surface area contributed by atoms with Crippen LogP contribution in [0.1, 0.15) is 40.1 Å². The van der Waals surface area contributed by atoms with Crippen molar-refractivity contribution in [2.24, 2.45) is 0 Å². The van der Waals surface area contributed by atoms with Crippen molar-refractivity contribution in [3.05, 3.63) is 72.0 Å². The van der Waals surface area contributed by atoms with Crippen LogP contribution in [0.2, 0.25) is 0 Å². The lowest BCUT2D eigenvalue weighted by molar-refractivity contribution is 0.0673. The van der Waals surface area contributed by atoms with E-state index in [2.05, 4.69) is 14.5 Å². The van der Waals surface area contributed by atoms with Gasteiger partial charge in [0.25, 0.3) is 5.91 Å². The molecular weight excluding hydrogens is 304 g/mol. The molecule has 24 heavy (non-hydrogen) atoms. The van der Waals surface area contributed by atoms with Crippen molar-refractivity contribution < 1.29 is 9.21 Å². The molecule has 1 aliphatic rings. The van der Waals surface area contributed by atoms with Crippen LogP contribution in [0.15, 0.2) is 53.5 Å². The minimum Gasteiger partial charge on any atom is -0.438 e. The third-order valence-corrected chi connectivity index (χ3v) is 4.42. The van der Waals surface area contributed by atoms with Crippen LogP contribution in [0.4, 0.5) is 0 Å². The molecule has 3 heterocycles. The van der Waals surface area contributed by atoms with E-state index in [9.17, 15) is 4.79 Å². The molecule has 0 spiro atoms. The van der Waals surface area contributed by atoms with Crippen LogP contribution in [0.3, 0.4) is 0 Å². The highest BCUT2D eigenvalue weighted by molar-refractivity contribution is 5.93. The van der Waals surface area contributed by atoms with Crippen LogP contribution in [0.25, 0.3) is 0 Å². The van der Waals surface area contributed by atoms with Gasteiger partial charge in [-0.2, -0.15) is 0 Å². The minimum absolute atomic E-state index is 0.143. The molecule has 2 aromatic heterocycles. The molecule has 1 unspecified atom stereocenters. The van der Waals surface area contributed by atoms with Crippen molar-refractivity contribution in [3.8, 4) is 0 Å². The summed E-state index contributed by atoms with van der Waals surface area (Å²) in [6.07, 6.45) is 5.95. The van der Waals surface area contributed by atoms with Gasteiger partial charge in [-0.1, -0.05) is 30.3 Å². The van der Waals surface area contributed by atoms with Gasteiger partial charge < -0.3 is 13.9 Å². The van der Waals surface area contributed by atoms with E-state index in [4.69, 9.17) is 4.42 Å². The van der Waals surface area contributed by atoms with E-state index in [1.165, 1.54) is 6.39 Å². The standard InChI is InChI=1S/C18H18N4O2/c1-13-16(24-12-20-13)18(23)22-10-5-9-21-11-8-19-17(21)15(22)14-6-3-2-4-7-14/h2-4,6-8,11-12,15H,5,9-10H2,1H3. The Morgan fingerprint density at radius 3 is 2.79 bits per heavy atom. The van der Waals surface area contributed by atoms with Crippen molar-refractivity contribution in [1.82, 2.24) is 19.4 Å². The number of hydrogen-bond acceptors (Lipinski definition) is 4. The minimum atomic E-state index is -0.235. The van der Waals surface area contributed by atoms with Crippen molar-refractivity contribution >= 4 is 5.91 Å². The van der Waals surface area contributed by atoms with Gasteiger partial charge in [0.15, 0.2) is 6.39 Å². The molecule has 0 aliphatic carbocycles. The maximum atomic E-state index is 13.1. The highest BCUT2D eigenvalue weighted by Gasteiger charge is 2.34. The Morgan fingerprint density at radius 1 is 1.21 bits per heavy atom. The molecule has 0 radical (unpaired) electrons. The van der Waals surface area contributed by atoms with Crippen LogP contribution < -0.4 is 0 Å². The largest absolute Gasteiger partial charge is 0.438 e. The van der Waals surface area contributed by atoms with Crippen LogP contribution in [0.5, 0.6) is 0 Å². The second-order valence-electron chi connectivity index (χ2n) is 5.91. The Kier molecular flexibility index (Phi) is 3.65. The summed E-state index contributed by atoms with van der Waals surface area (Å²) in [5.41, 5.74) is 1.65. The number of nitrogens with zero attached hydrogens (tertiary/aromatic N) is 4. The van der Waals surface area contributed by atoms with E-state index < -0.39 is 0 Å². The highest BCUT2D eigenvalue weighted by atomic mass is 16.3. The highest BCUT2D eigenvalue weighted by Crippen LogP contribution is 2.31. The maximum absolute atomic E-state index is 13.1. The Morgan fingerprint density at radius 2 is 2.04 bits per heavy atom. The smallest absolute Gasteiger partial charge is 0.292 e. The molecule has 122 valence electrons. The predicted octanol–water partition coefficient (Wildman–Crippen LogP) is 2.82. The zero-order valence-corrected chi connectivity index (χ0v) is 13.4. The number of aromatic nitrogens is 3. The Labute approximate surface area is 139 Å². The number of imidazole rings is 1. The topological polar surface area (TPSA) is 64.2 Å². The number of carbonyl (C=O) groups is 1. The molecule has 1 amide bonds. The summed E-state index contributed by atoms with van der Waals surface area (Å²) in [5.74, 6) is 1.04. The molecule has 1 aromatic carbocycles. The summed E-state index contributed by atoms with van der Waals surface area (Å²) < 4.78 is 7.47. The van der Waals surface area contributed by atoms with Crippen molar-refractivity contribution in [1.29, 1.82) is 0 Å². The molecule has 0 N–H and O–H groups in total. The second-order valence-corrected chi connectivity index (χ2v) is 5.91. The van der Waals surface area contributed by atoms with Gasteiger partial charge in [-0.05, 0) is 18.9 Å². The van der Waals surface area contributed by atoms with E-state index in [0.717, 1.165) is 24.4 Å². The summed E-state index contributed by atoms with van der Waals surface area (Å²) >= 11 is 0. The molecule has 0 bridgehead atoms. The number of rotatable bonds is 2. The Balaban J connectivity index is 1.82. The molecule has 1 aliphatic heterocycles. The Bertz CT molecular complexity index is 853. The van der Waals surface area contributed by atoms with E-state index in [1.807, 2.05) is 41.4 Å². The average Bonchev–Trinajstić information content (AvgIpc) is 3.20. The predicted molar refractivity (Wildman–Crippen MR) is 87.4 cm³/mol. The SMILES string of the molecule is Cc1ncoc1C(=O)N1CCCn2ccnc2C1c1ccccc1. The lowest BCUT2D eigenvalue weighted by Crippen LogP contribution is -2.36. The summed E-state index contributed by atoms with van der Waals surface area (Å²) in [7, 11) is 0. The molecule has 6 heteroatoms. The molecule has 4 rings (SSSR count). The lowest BCUT2D eigenvalue weighted by Gasteiger charge is -2.29. The number of oxazole rings is 1. The number of benzene rings is 1. The normalized spacial score (nSPS) is 17.4. The first kappa shape index (κ1) is 14.7. The van der Waals surface area contributed by atoms with E-state index >= 15 is 0 Å². The van der Waals surface area contributed by atoms with Crippen LogP contribution in [-0.2, 0) is 6.54 Å². The molecule has 0 saturated carbocycles. The first-order valence-corrected chi connectivity index (χ1v) is 8.02. The van der Waals surface area contributed by atoms with Crippen LogP contribution >= 0.6 is 0 Å². The fourth-order valence-electron chi connectivity index (χ4n) is 3.26. The van der Waals surface area contributed by atoms with Gasteiger partial charge in [0.1, 0.15) is 11.9 Å². The Hall–Kier alpha value is -2.89. The maximum Gasteiger partial charge on any atom is 0.292 e. The molecular formula is C18H18N4O2. The van der Waals surface area contributed by atoms with Gasteiger partial charge in [-0.25, -0.2) is 9.97 Å². The fraction of sp³-hybridized carbons (Fsp3) is 0.278. The lowest BCUT2D eigenvalue weighted by atomic mass is 10.0. The molecule has 6 nitrogen and oxygen atoms in total. The second kappa shape index (κ2) is 5.96. The third-order valence-electron chi connectivity index (χ3n) is 4.42.